The Bertz CT molecular complexity index is 596. The summed E-state index contributed by atoms with van der Waals surface area (Å²) in [6.07, 6.45) is 0.552. The topological polar surface area (TPSA) is 84.5 Å². The molecule has 1 heterocycles. The molecule has 1 aromatic rings. The van der Waals surface area contributed by atoms with Gasteiger partial charge in [-0.15, -0.1) is 0 Å². The zero-order valence-electron chi connectivity index (χ0n) is 11.3. The van der Waals surface area contributed by atoms with Crippen LogP contribution in [0.15, 0.2) is 29.3 Å². The summed E-state index contributed by atoms with van der Waals surface area (Å²) < 4.78 is 0. The largest absolute Gasteiger partial charge is 0.319 e. The standard InChI is InChI=1S/C14H16ClN3O2/c1-3-14(2,16)13-17-11(19)10(12(20)18-13)8-6-4-5-7-9(8)15/h4-7,10H,3,16H2,1-2H3,(H,17,18,19,20). The van der Waals surface area contributed by atoms with Gasteiger partial charge >= 0.3 is 0 Å². The van der Waals surface area contributed by atoms with Crippen molar-refractivity contribution in [3.8, 4) is 0 Å². The van der Waals surface area contributed by atoms with Crippen LogP contribution >= 0.6 is 11.6 Å². The minimum Gasteiger partial charge on any atom is -0.319 e. The number of amidine groups is 1. The number of benzene rings is 1. The van der Waals surface area contributed by atoms with Crippen molar-refractivity contribution in [1.82, 2.24) is 5.32 Å². The van der Waals surface area contributed by atoms with Crippen LogP contribution in [0.1, 0.15) is 31.7 Å². The molecule has 0 radical (unpaired) electrons. The average molecular weight is 294 g/mol. The summed E-state index contributed by atoms with van der Waals surface area (Å²) in [5.74, 6) is -1.79. The molecule has 2 rings (SSSR count). The Hall–Kier alpha value is -1.72. The van der Waals surface area contributed by atoms with Crippen LogP contribution in [0.5, 0.6) is 0 Å². The molecular weight excluding hydrogens is 278 g/mol. The number of nitrogens with zero attached hydrogens (tertiary/aromatic N) is 1. The van der Waals surface area contributed by atoms with E-state index in [9.17, 15) is 9.59 Å². The number of halogens is 1. The second-order valence-corrected chi connectivity index (χ2v) is 5.42. The molecule has 5 nitrogen and oxygen atoms in total. The number of carbonyl (C=O) groups is 2. The van der Waals surface area contributed by atoms with E-state index in [-0.39, 0.29) is 5.84 Å². The maximum absolute atomic E-state index is 12.2. The number of hydrogen-bond acceptors (Lipinski definition) is 3. The lowest BCUT2D eigenvalue weighted by Crippen LogP contribution is -2.56. The average Bonchev–Trinajstić information content (AvgIpc) is 2.40. The molecule has 0 aromatic heterocycles. The molecular formula is C14H16ClN3O2. The quantitative estimate of drug-likeness (QED) is 0.830. The zero-order valence-corrected chi connectivity index (χ0v) is 12.1. The van der Waals surface area contributed by atoms with Gasteiger partial charge in [0.2, 0.25) is 5.91 Å². The molecule has 2 unspecified atom stereocenters. The summed E-state index contributed by atoms with van der Waals surface area (Å²) in [4.78, 5) is 28.3. The van der Waals surface area contributed by atoms with Crippen LogP contribution in [-0.2, 0) is 9.59 Å². The van der Waals surface area contributed by atoms with E-state index in [0.29, 0.717) is 17.0 Å². The van der Waals surface area contributed by atoms with Gasteiger partial charge in [-0.3, -0.25) is 9.59 Å². The maximum atomic E-state index is 12.2. The van der Waals surface area contributed by atoms with Crippen molar-refractivity contribution in [1.29, 1.82) is 0 Å². The summed E-state index contributed by atoms with van der Waals surface area (Å²) >= 11 is 6.04. The van der Waals surface area contributed by atoms with Gasteiger partial charge in [-0.05, 0) is 25.0 Å². The van der Waals surface area contributed by atoms with Gasteiger partial charge in [0, 0.05) is 5.02 Å². The van der Waals surface area contributed by atoms with Crippen molar-refractivity contribution in [3.05, 3.63) is 34.9 Å². The van der Waals surface area contributed by atoms with Crippen LogP contribution in [-0.4, -0.2) is 23.2 Å². The minimum absolute atomic E-state index is 0.207. The van der Waals surface area contributed by atoms with Gasteiger partial charge in [0.15, 0.2) is 0 Å². The Balaban J connectivity index is 2.40. The molecule has 0 bridgehead atoms. The molecule has 1 aromatic carbocycles. The normalized spacial score (nSPS) is 22.0. The number of aliphatic imine (C=N–C) groups is 1. The third kappa shape index (κ3) is 2.59. The molecule has 6 heteroatoms. The van der Waals surface area contributed by atoms with Crippen molar-refractivity contribution >= 4 is 29.3 Å². The Morgan fingerprint density at radius 1 is 1.40 bits per heavy atom. The number of nitrogens with two attached hydrogens (primary N) is 1. The van der Waals surface area contributed by atoms with E-state index in [4.69, 9.17) is 17.3 Å². The highest BCUT2D eigenvalue weighted by molar-refractivity contribution is 6.32. The summed E-state index contributed by atoms with van der Waals surface area (Å²) in [6, 6.07) is 6.74. The molecule has 0 aliphatic carbocycles. The number of carbonyl (C=O) groups excluding carboxylic acids is 2. The molecule has 0 spiro atoms. The van der Waals surface area contributed by atoms with E-state index >= 15 is 0 Å². The maximum Gasteiger partial charge on any atom is 0.264 e. The van der Waals surface area contributed by atoms with Crippen molar-refractivity contribution in [2.24, 2.45) is 10.7 Å². The molecule has 0 saturated carbocycles. The second kappa shape index (κ2) is 5.34. The van der Waals surface area contributed by atoms with Crippen LogP contribution < -0.4 is 11.1 Å². The lowest BCUT2D eigenvalue weighted by atomic mass is 9.92. The molecule has 1 aliphatic heterocycles. The Morgan fingerprint density at radius 3 is 2.60 bits per heavy atom. The Labute approximate surface area is 122 Å². The summed E-state index contributed by atoms with van der Waals surface area (Å²) in [6.45, 7) is 3.58. The molecule has 106 valence electrons. The van der Waals surface area contributed by atoms with E-state index in [1.54, 1.807) is 31.2 Å². The monoisotopic (exact) mass is 293 g/mol. The van der Waals surface area contributed by atoms with Crippen molar-refractivity contribution in [3.63, 3.8) is 0 Å². The lowest BCUT2D eigenvalue weighted by molar-refractivity contribution is -0.130. The third-order valence-corrected chi connectivity index (χ3v) is 3.81. The summed E-state index contributed by atoms with van der Waals surface area (Å²) in [5, 5.41) is 2.99. The first-order valence-corrected chi connectivity index (χ1v) is 6.72. The van der Waals surface area contributed by atoms with E-state index in [1.807, 2.05) is 6.92 Å². The molecule has 0 fully saturated rings. The van der Waals surface area contributed by atoms with Gasteiger partial charge in [-0.25, -0.2) is 0 Å². The number of amides is 2. The highest BCUT2D eigenvalue weighted by atomic mass is 35.5. The van der Waals surface area contributed by atoms with Gasteiger partial charge in [-0.1, -0.05) is 36.7 Å². The highest BCUT2D eigenvalue weighted by Gasteiger charge is 2.38. The summed E-state index contributed by atoms with van der Waals surface area (Å²) in [7, 11) is 0. The lowest BCUT2D eigenvalue weighted by Gasteiger charge is -2.29. The van der Waals surface area contributed by atoms with E-state index < -0.39 is 23.3 Å². The van der Waals surface area contributed by atoms with E-state index in [2.05, 4.69) is 10.3 Å². The van der Waals surface area contributed by atoms with Crippen LogP contribution in [0.3, 0.4) is 0 Å². The first kappa shape index (κ1) is 14.7. The fraction of sp³-hybridized carbons (Fsp3) is 0.357. The first-order chi connectivity index (χ1) is 9.36. The Kier molecular flexibility index (Phi) is 3.92. The highest BCUT2D eigenvalue weighted by Crippen LogP contribution is 2.28. The van der Waals surface area contributed by atoms with Gasteiger partial charge in [0.05, 0.1) is 5.54 Å². The van der Waals surface area contributed by atoms with Crippen molar-refractivity contribution < 1.29 is 9.59 Å². The van der Waals surface area contributed by atoms with Gasteiger partial charge in [0.1, 0.15) is 11.8 Å². The van der Waals surface area contributed by atoms with Crippen LogP contribution in [0.2, 0.25) is 5.02 Å². The number of rotatable bonds is 3. The van der Waals surface area contributed by atoms with Crippen LogP contribution in [0.25, 0.3) is 0 Å². The van der Waals surface area contributed by atoms with Crippen molar-refractivity contribution in [2.45, 2.75) is 31.7 Å². The molecule has 3 N–H and O–H groups in total. The van der Waals surface area contributed by atoms with Gasteiger partial charge in [0.25, 0.3) is 5.91 Å². The minimum atomic E-state index is -1.01. The molecule has 1 aliphatic rings. The van der Waals surface area contributed by atoms with Crippen LogP contribution in [0, 0.1) is 0 Å². The SMILES string of the molecule is CCC(C)(N)C1=NC(=O)C(c2ccccc2Cl)C(=O)N1. The number of hydrogen-bond donors (Lipinski definition) is 2. The molecule has 0 saturated heterocycles. The van der Waals surface area contributed by atoms with Crippen LogP contribution in [0.4, 0.5) is 0 Å². The second-order valence-electron chi connectivity index (χ2n) is 5.01. The number of nitrogens with one attached hydrogen (secondary N) is 1. The van der Waals surface area contributed by atoms with Crippen molar-refractivity contribution in [2.75, 3.05) is 0 Å². The fourth-order valence-corrected chi connectivity index (χ4v) is 2.17. The summed E-state index contributed by atoms with van der Waals surface area (Å²) in [5.41, 5.74) is 5.62. The molecule has 2 atom stereocenters. The predicted molar refractivity (Wildman–Crippen MR) is 77.7 cm³/mol. The molecule has 2 amide bonds. The van der Waals surface area contributed by atoms with Gasteiger partial charge < -0.3 is 11.1 Å². The predicted octanol–water partition coefficient (Wildman–Crippen LogP) is 1.61. The third-order valence-electron chi connectivity index (χ3n) is 3.46. The molecule has 20 heavy (non-hydrogen) atoms. The fourth-order valence-electron chi connectivity index (χ4n) is 1.93. The van der Waals surface area contributed by atoms with E-state index in [1.165, 1.54) is 0 Å². The first-order valence-electron chi connectivity index (χ1n) is 6.34. The zero-order chi connectivity index (χ0) is 14.9. The smallest absolute Gasteiger partial charge is 0.264 e. The Morgan fingerprint density at radius 2 is 2.05 bits per heavy atom. The van der Waals surface area contributed by atoms with E-state index in [0.717, 1.165) is 0 Å². The van der Waals surface area contributed by atoms with Gasteiger partial charge in [-0.2, -0.15) is 4.99 Å².